The van der Waals surface area contributed by atoms with Crippen LogP contribution in [0.25, 0.3) is 5.65 Å². The average molecular weight is 207 g/mol. The first kappa shape index (κ1) is 8.79. The van der Waals surface area contributed by atoms with E-state index in [1.807, 2.05) is 6.92 Å². The summed E-state index contributed by atoms with van der Waals surface area (Å²) < 4.78 is 20.0. The van der Waals surface area contributed by atoms with Gasteiger partial charge in [-0.25, -0.2) is 4.39 Å². The first-order chi connectivity index (χ1) is 7.19. The van der Waals surface area contributed by atoms with Crippen molar-refractivity contribution >= 4 is 5.65 Å². The monoisotopic (exact) mass is 207 g/mol. The number of hydrogen-bond acceptors (Lipinski definition) is 3. The van der Waals surface area contributed by atoms with Gasteiger partial charge in [0.1, 0.15) is 11.6 Å². The topological polar surface area (TPSA) is 39.4 Å². The van der Waals surface area contributed by atoms with Gasteiger partial charge in [0.2, 0.25) is 0 Å². The highest BCUT2D eigenvalue weighted by Crippen LogP contribution is 2.30. The number of fused-ring (bicyclic) bond motifs is 1. The minimum atomic E-state index is -0.285. The van der Waals surface area contributed by atoms with Crippen molar-refractivity contribution in [3.8, 4) is 0 Å². The third-order valence-corrected chi connectivity index (χ3v) is 2.75. The molecule has 4 nitrogen and oxygen atoms in total. The molecule has 3 rings (SSSR count). The fourth-order valence-electron chi connectivity index (χ4n) is 1.81. The highest BCUT2D eigenvalue weighted by atomic mass is 19.1. The van der Waals surface area contributed by atoms with E-state index in [0.29, 0.717) is 18.9 Å². The molecule has 0 aliphatic carbocycles. The lowest BCUT2D eigenvalue weighted by atomic mass is 9.88. The van der Waals surface area contributed by atoms with Crippen molar-refractivity contribution in [2.45, 2.75) is 12.3 Å². The van der Waals surface area contributed by atoms with Gasteiger partial charge in [-0.2, -0.15) is 0 Å². The van der Waals surface area contributed by atoms with Gasteiger partial charge in [0.25, 0.3) is 0 Å². The van der Waals surface area contributed by atoms with E-state index < -0.39 is 0 Å². The highest BCUT2D eigenvalue weighted by molar-refractivity contribution is 5.39. The Kier molecular flexibility index (Phi) is 1.62. The summed E-state index contributed by atoms with van der Waals surface area (Å²) in [5, 5.41) is 8.10. The van der Waals surface area contributed by atoms with E-state index in [2.05, 4.69) is 10.2 Å². The minimum Gasteiger partial charge on any atom is -0.379 e. The maximum Gasteiger partial charge on any atom is 0.160 e. The van der Waals surface area contributed by atoms with Gasteiger partial charge < -0.3 is 4.74 Å². The lowest BCUT2D eigenvalue weighted by Gasteiger charge is -2.36. The first-order valence-corrected chi connectivity index (χ1v) is 4.78. The molecule has 78 valence electrons. The van der Waals surface area contributed by atoms with Gasteiger partial charge in [-0.1, -0.05) is 0 Å². The normalized spacial score (nSPS) is 19.1. The van der Waals surface area contributed by atoms with Crippen LogP contribution in [0.5, 0.6) is 0 Å². The van der Waals surface area contributed by atoms with Gasteiger partial charge in [0.05, 0.1) is 18.6 Å². The largest absolute Gasteiger partial charge is 0.379 e. The summed E-state index contributed by atoms with van der Waals surface area (Å²) in [4.78, 5) is 0. The van der Waals surface area contributed by atoms with Crippen molar-refractivity contribution < 1.29 is 9.13 Å². The van der Waals surface area contributed by atoms with E-state index in [-0.39, 0.29) is 11.2 Å². The highest BCUT2D eigenvalue weighted by Gasteiger charge is 2.39. The number of rotatable bonds is 1. The van der Waals surface area contributed by atoms with Crippen molar-refractivity contribution in [2.24, 2.45) is 0 Å². The number of hydrogen-bond donors (Lipinski definition) is 0. The van der Waals surface area contributed by atoms with Crippen LogP contribution >= 0.6 is 0 Å². The summed E-state index contributed by atoms with van der Waals surface area (Å²) in [5.41, 5.74) is 0.534. The van der Waals surface area contributed by atoms with Gasteiger partial charge in [-0.15, -0.1) is 10.2 Å². The summed E-state index contributed by atoms with van der Waals surface area (Å²) in [6, 6.07) is 3.00. The van der Waals surface area contributed by atoms with Crippen molar-refractivity contribution in [1.29, 1.82) is 0 Å². The predicted octanol–water partition coefficient (Wildman–Crippen LogP) is 1.16. The molecule has 0 bridgehead atoms. The summed E-state index contributed by atoms with van der Waals surface area (Å²) >= 11 is 0. The van der Waals surface area contributed by atoms with Crippen LogP contribution < -0.4 is 0 Å². The number of pyridine rings is 1. The van der Waals surface area contributed by atoms with Crippen molar-refractivity contribution in [1.82, 2.24) is 14.6 Å². The molecule has 1 aliphatic heterocycles. The van der Waals surface area contributed by atoms with Crippen LogP contribution in [-0.4, -0.2) is 27.8 Å². The fraction of sp³-hybridized carbons (Fsp3) is 0.400. The molecule has 2 aromatic heterocycles. The van der Waals surface area contributed by atoms with Crippen molar-refractivity contribution in [3.05, 3.63) is 30.0 Å². The van der Waals surface area contributed by atoms with E-state index in [4.69, 9.17) is 4.74 Å². The molecule has 1 aliphatic rings. The SMILES string of the molecule is CC1(c2nnc3ccc(F)cn23)COC1. The molecule has 0 radical (unpaired) electrons. The Hall–Kier alpha value is -1.49. The Morgan fingerprint density at radius 1 is 1.40 bits per heavy atom. The molecular weight excluding hydrogens is 197 g/mol. The van der Waals surface area contributed by atoms with E-state index in [1.165, 1.54) is 12.3 Å². The quantitative estimate of drug-likeness (QED) is 0.704. The number of nitrogens with zero attached hydrogens (tertiary/aromatic N) is 3. The number of ether oxygens (including phenoxy) is 1. The maximum absolute atomic E-state index is 13.1. The summed E-state index contributed by atoms with van der Waals surface area (Å²) in [7, 11) is 0. The van der Waals surface area contributed by atoms with Gasteiger partial charge in [0, 0.05) is 6.20 Å². The van der Waals surface area contributed by atoms with E-state index in [1.54, 1.807) is 10.5 Å². The smallest absolute Gasteiger partial charge is 0.160 e. The second kappa shape index (κ2) is 2.76. The maximum atomic E-state index is 13.1. The van der Waals surface area contributed by atoms with Gasteiger partial charge in [-0.3, -0.25) is 4.40 Å². The first-order valence-electron chi connectivity index (χ1n) is 4.78. The Morgan fingerprint density at radius 2 is 2.20 bits per heavy atom. The molecule has 15 heavy (non-hydrogen) atoms. The molecule has 1 fully saturated rings. The summed E-state index contributed by atoms with van der Waals surface area (Å²) in [5.74, 6) is 0.482. The Balaban J connectivity index is 2.22. The second-order valence-electron chi connectivity index (χ2n) is 4.15. The van der Waals surface area contributed by atoms with Crippen LogP contribution in [0.15, 0.2) is 18.3 Å². The molecule has 0 aromatic carbocycles. The van der Waals surface area contributed by atoms with Crippen LogP contribution in [0.1, 0.15) is 12.7 Å². The van der Waals surface area contributed by atoms with Crippen LogP contribution in [-0.2, 0) is 10.2 Å². The molecule has 0 spiro atoms. The van der Waals surface area contributed by atoms with Gasteiger partial charge in [-0.05, 0) is 19.1 Å². The Morgan fingerprint density at radius 3 is 2.87 bits per heavy atom. The van der Waals surface area contributed by atoms with E-state index in [9.17, 15) is 4.39 Å². The molecular formula is C10H10FN3O. The van der Waals surface area contributed by atoms with Crippen molar-refractivity contribution in [3.63, 3.8) is 0 Å². The lowest BCUT2D eigenvalue weighted by molar-refractivity contribution is -0.0548. The molecule has 1 saturated heterocycles. The summed E-state index contributed by atoms with van der Waals surface area (Å²) in [6.45, 7) is 3.27. The van der Waals surface area contributed by atoms with Crippen LogP contribution in [0, 0.1) is 5.82 Å². The minimum absolute atomic E-state index is 0.132. The molecule has 3 heterocycles. The zero-order valence-electron chi connectivity index (χ0n) is 8.27. The van der Waals surface area contributed by atoms with Gasteiger partial charge >= 0.3 is 0 Å². The predicted molar refractivity (Wildman–Crippen MR) is 51.1 cm³/mol. The zero-order valence-corrected chi connectivity index (χ0v) is 8.27. The van der Waals surface area contributed by atoms with Gasteiger partial charge in [0.15, 0.2) is 5.65 Å². The molecule has 5 heteroatoms. The van der Waals surface area contributed by atoms with Crippen LogP contribution in [0.4, 0.5) is 4.39 Å². The Bertz CT molecular complexity index is 518. The standard InChI is InChI=1S/C10H10FN3O/c1-10(5-15-6-10)9-13-12-8-3-2-7(11)4-14(8)9/h2-4H,5-6H2,1H3. The molecule has 2 aromatic rings. The molecule has 0 saturated carbocycles. The Labute approximate surface area is 85.7 Å². The molecule has 0 unspecified atom stereocenters. The third kappa shape index (κ3) is 1.16. The zero-order chi connectivity index (χ0) is 10.5. The number of aromatic nitrogens is 3. The average Bonchev–Trinajstić information content (AvgIpc) is 2.57. The summed E-state index contributed by atoms with van der Waals surface area (Å²) in [6.07, 6.45) is 1.41. The van der Waals surface area contributed by atoms with Crippen LogP contribution in [0.2, 0.25) is 0 Å². The number of halogens is 1. The van der Waals surface area contributed by atoms with Crippen molar-refractivity contribution in [2.75, 3.05) is 13.2 Å². The molecule has 0 N–H and O–H groups in total. The third-order valence-electron chi connectivity index (χ3n) is 2.75. The van der Waals surface area contributed by atoms with E-state index >= 15 is 0 Å². The molecule has 0 amide bonds. The lowest BCUT2D eigenvalue weighted by Crippen LogP contribution is -2.45. The molecule has 0 atom stereocenters. The van der Waals surface area contributed by atoms with E-state index in [0.717, 1.165) is 5.82 Å². The van der Waals surface area contributed by atoms with Crippen LogP contribution in [0.3, 0.4) is 0 Å². The fourth-order valence-corrected chi connectivity index (χ4v) is 1.81. The second-order valence-corrected chi connectivity index (χ2v) is 4.15.